The predicted octanol–water partition coefficient (Wildman–Crippen LogP) is 0.344. The second kappa shape index (κ2) is 8.94. The van der Waals surface area contributed by atoms with Crippen LogP contribution in [-0.2, 0) is 9.53 Å². The fourth-order valence-corrected chi connectivity index (χ4v) is 0.832. The fourth-order valence-electron chi connectivity index (χ4n) is 0.832. The minimum atomic E-state index is -4.04. The zero-order valence-corrected chi connectivity index (χ0v) is 11.9. The summed E-state index contributed by atoms with van der Waals surface area (Å²) in [5, 5.41) is 0. The average molecular weight is 264 g/mol. The Morgan fingerprint density at radius 3 is 2.29 bits per heavy atom. The van der Waals surface area contributed by atoms with Crippen molar-refractivity contribution in [3.05, 3.63) is 18.6 Å². The van der Waals surface area contributed by atoms with E-state index in [-0.39, 0.29) is 54.6 Å². The number of ether oxygens (including phenoxy) is 1. The van der Waals surface area contributed by atoms with Gasteiger partial charge in [-0.3, -0.25) is 0 Å². The summed E-state index contributed by atoms with van der Waals surface area (Å²) in [7, 11) is 0. The molecule has 17 heavy (non-hydrogen) atoms. The topological polar surface area (TPSA) is 26.3 Å². The fraction of sp³-hybridized carbons (Fsp3) is 0.600. The van der Waals surface area contributed by atoms with E-state index in [9.17, 15) is 22.4 Å². The van der Waals surface area contributed by atoms with Crippen LogP contribution in [0.2, 0.25) is 0 Å². The Kier molecular flexibility index (Phi) is 10.1. The van der Waals surface area contributed by atoms with Gasteiger partial charge in [-0.1, -0.05) is 6.58 Å². The molecule has 0 spiro atoms. The summed E-state index contributed by atoms with van der Waals surface area (Å²) >= 11 is 0. The molecule has 0 aliphatic rings. The van der Waals surface area contributed by atoms with Gasteiger partial charge >= 0.3 is 35.5 Å². The molecular weight excluding hydrogens is 251 g/mol. The maximum Gasteiger partial charge on any atom is 1.00 e. The van der Waals surface area contributed by atoms with E-state index in [0.29, 0.717) is 0 Å². The molecule has 0 bridgehead atoms. The van der Waals surface area contributed by atoms with E-state index in [1.807, 2.05) is 0 Å². The van der Waals surface area contributed by atoms with Crippen molar-refractivity contribution in [1.82, 2.24) is 0 Å². The van der Waals surface area contributed by atoms with E-state index < -0.39 is 24.7 Å². The largest absolute Gasteiger partial charge is 1.00 e. The summed E-state index contributed by atoms with van der Waals surface area (Å²) in [5.74, 6) is -4.66. The van der Waals surface area contributed by atoms with E-state index in [0.717, 1.165) is 0 Å². The van der Waals surface area contributed by atoms with Gasteiger partial charge in [0.25, 0.3) is 0 Å². The second-order valence-electron chi connectivity index (χ2n) is 3.34. The Hall–Kier alpha value is -0.0700. The molecule has 0 saturated carbocycles. The van der Waals surface area contributed by atoms with Gasteiger partial charge in [0.1, 0.15) is 0 Å². The summed E-state index contributed by atoms with van der Waals surface area (Å²) in [4.78, 5) is 10.8. The molecule has 0 aromatic rings. The first-order chi connectivity index (χ1) is 7.27. The van der Waals surface area contributed by atoms with Crippen LogP contribution in [0.5, 0.6) is 0 Å². The van der Waals surface area contributed by atoms with Gasteiger partial charge in [0.15, 0.2) is 5.92 Å². The van der Waals surface area contributed by atoms with Crippen LogP contribution < -0.4 is 29.6 Å². The molecule has 0 aliphatic carbocycles. The molecule has 0 aliphatic heterocycles. The normalized spacial score (nSPS) is 10.9. The third-order valence-electron chi connectivity index (χ3n) is 1.74. The average Bonchev–Trinajstić information content (AvgIpc) is 2.16. The summed E-state index contributed by atoms with van der Waals surface area (Å²) in [6, 6.07) is 0. The van der Waals surface area contributed by atoms with Gasteiger partial charge in [-0.05, 0) is 26.2 Å². The Morgan fingerprint density at radius 2 is 1.88 bits per heavy atom. The minimum absolute atomic E-state index is 0. The molecular formula is C10H13F4NaO2. The third-order valence-corrected chi connectivity index (χ3v) is 1.74. The van der Waals surface area contributed by atoms with Crippen molar-refractivity contribution in [2.75, 3.05) is 6.61 Å². The van der Waals surface area contributed by atoms with Crippen LogP contribution >= 0.6 is 0 Å². The second-order valence-corrected chi connectivity index (χ2v) is 3.34. The van der Waals surface area contributed by atoms with Crippen LogP contribution in [0, 0.1) is 6.43 Å². The molecule has 0 amide bonds. The van der Waals surface area contributed by atoms with E-state index in [4.69, 9.17) is 0 Å². The standard InChI is InChI=1S/C10H13F4O2.Na/c1-7(2)8(15)16-6-4-3-5-10(13,14)9(11)12;/h1,3-6H2,2H3;/q-1;+1. The number of hydrogen-bond acceptors (Lipinski definition) is 2. The smallest absolute Gasteiger partial charge is 0.462 e. The Labute approximate surface area is 120 Å². The molecule has 94 valence electrons. The number of alkyl halides is 2. The number of rotatable bonds is 7. The molecule has 0 fully saturated rings. The van der Waals surface area contributed by atoms with Gasteiger partial charge in [0.2, 0.25) is 0 Å². The molecule has 0 heterocycles. The maximum atomic E-state index is 12.4. The molecule has 0 rings (SSSR count). The maximum absolute atomic E-state index is 12.4. The molecule has 0 unspecified atom stereocenters. The molecule has 0 aromatic carbocycles. The molecule has 2 nitrogen and oxygen atoms in total. The van der Waals surface area contributed by atoms with Gasteiger partial charge in [-0.2, -0.15) is 0 Å². The summed E-state index contributed by atoms with van der Waals surface area (Å²) in [6.45, 7) is 4.69. The first kappa shape index (κ1) is 19.3. The van der Waals surface area contributed by atoms with Crippen LogP contribution in [0.4, 0.5) is 17.6 Å². The van der Waals surface area contributed by atoms with E-state index in [1.165, 1.54) is 6.92 Å². The zero-order chi connectivity index (χ0) is 12.8. The molecule has 0 aromatic heterocycles. The van der Waals surface area contributed by atoms with Gasteiger partial charge in [-0.15, -0.1) is 0 Å². The molecule has 0 atom stereocenters. The molecule has 0 N–H and O–H groups in total. The van der Waals surface area contributed by atoms with Gasteiger partial charge in [0, 0.05) is 5.57 Å². The molecule has 7 heteroatoms. The van der Waals surface area contributed by atoms with Crippen molar-refractivity contribution in [3.63, 3.8) is 0 Å². The van der Waals surface area contributed by atoms with E-state index in [1.54, 1.807) is 0 Å². The van der Waals surface area contributed by atoms with Crippen LogP contribution in [0.25, 0.3) is 0 Å². The summed E-state index contributed by atoms with van der Waals surface area (Å²) < 4.78 is 52.6. The zero-order valence-electron chi connectivity index (χ0n) is 9.86. The number of hydrogen-bond donors (Lipinski definition) is 0. The number of carbonyl (C=O) groups excluding carboxylic acids is 1. The summed E-state index contributed by atoms with van der Waals surface area (Å²) in [6.07, 6.45) is -3.86. The van der Waals surface area contributed by atoms with Gasteiger partial charge in [-0.25, -0.2) is 13.6 Å². The van der Waals surface area contributed by atoms with Gasteiger partial charge in [0.05, 0.1) is 13.0 Å². The first-order valence-corrected chi connectivity index (χ1v) is 4.66. The number of halogens is 4. The van der Waals surface area contributed by atoms with Crippen molar-refractivity contribution in [3.8, 4) is 0 Å². The quantitative estimate of drug-likeness (QED) is 0.166. The van der Waals surface area contributed by atoms with Crippen LogP contribution in [-0.4, -0.2) is 18.5 Å². The first-order valence-electron chi connectivity index (χ1n) is 4.66. The molecule has 0 radical (unpaired) electrons. The van der Waals surface area contributed by atoms with Crippen LogP contribution in [0.15, 0.2) is 12.2 Å². The van der Waals surface area contributed by atoms with Crippen molar-refractivity contribution in [2.45, 2.75) is 32.1 Å². The Bertz CT molecular complexity index is 257. The molecule has 0 saturated heterocycles. The number of carbonyl (C=O) groups is 1. The summed E-state index contributed by atoms with van der Waals surface area (Å²) in [5.41, 5.74) is 0.202. The third kappa shape index (κ3) is 8.63. The van der Waals surface area contributed by atoms with Crippen molar-refractivity contribution >= 4 is 5.97 Å². The van der Waals surface area contributed by atoms with E-state index >= 15 is 0 Å². The van der Waals surface area contributed by atoms with Crippen molar-refractivity contribution in [1.29, 1.82) is 0 Å². The monoisotopic (exact) mass is 264 g/mol. The van der Waals surface area contributed by atoms with Crippen molar-refractivity contribution < 1.29 is 56.7 Å². The minimum Gasteiger partial charge on any atom is -0.462 e. The van der Waals surface area contributed by atoms with Crippen molar-refractivity contribution in [2.24, 2.45) is 0 Å². The predicted molar refractivity (Wildman–Crippen MR) is 50.0 cm³/mol. The number of esters is 1. The van der Waals surface area contributed by atoms with Gasteiger partial charge < -0.3 is 13.5 Å². The van der Waals surface area contributed by atoms with E-state index in [2.05, 4.69) is 11.3 Å². The SMILES string of the molecule is C=C(C)C(=O)OCCCCC(F)(F)[C-](F)F.[Na+]. The van der Waals surface area contributed by atoms with Crippen LogP contribution in [0.1, 0.15) is 26.2 Å². The Balaban J connectivity index is 0. The van der Waals surface area contributed by atoms with Crippen LogP contribution in [0.3, 0.4) is 0 Å². The Morgan fingerprint density at radius 1 is 1.35 bits per heavy atom. The number of unbranched alkanes of at least 4 members (excludes halogenated alkanes) is 1.